The summed E-state index contributed by atoms with van der Waals surface area (Å²) in [4.78, 5) is 33.8. The van der Waals surface area contributed by atoms with Gasteiger partial charge in [0.05, 0.1) is 59.4 Å². The van der Waals surface area contributed by atoms with Crippen LogP contribution in [0.1, 0.15) is 32.4 Å². The maximum atomic E-state index is 13.7. The number of rotatable bonds is 9. The molecule has 40 heavy (non-hydrogen) atoms. The van der Waals surface area contributed by atoms with Gasteiger partial charge in [-0.3, -0.25) is 9.78 Å². The van der Waals surface area contributed by atoms with Crippen LogP contribution in [0.5, 0.6) is 0 Å². The van der Waals surface area contributed by atoms with E-state index < -0.39 is 23.6 Å². The fourth-order valence-electron chi connectivity index (χ4n) is 4.28. The van der Waals surface area contributed by atoms with Crippen LogP contribution in [0.15, 0.2) is 61.1 Å². The average Bonchev–Trinajstić information content (AvgIpc) is 3.39. The third-order valence-corrected chi connectivity index (χ3v) is 6.32. The Morgan fingerprint density at radius 3 is 2.62 bits per heavy atom. The summed E-state index contributed by atoms with van der Waals surface area (Å²) in [5.41, 5.74) is 1.65. The van der Waals surface area contributed by atoms with Crippen LogP contribution < -0.4 is 5.32 Å². The number of pyridine rings is 1. The first-order chi connectivity index (χ1) is 19.2. The monoisotopic (exact) mass is 545 g/mol. The molecular weight excluding hydrogens is 517 g/mol. The number of hydrogen-bond acceptors (Lipinski definition) is 10. The molecule has 206 valence electrons. The summed E-state index contributed by atoms with van der Waals surface area (Å²) in [6, 6.07) is 11.3. The van der Waals surface area contributed by atoms with Crippen LogP contribution in [0.4, 0.5) is 16.0 Å². The van der Waals surface area contributed by atoms with Crippen molar-refractivity contribution >= 4 is 23.1 Å². The van der Waals surface area contributed by atoms with Gasteiger partial charge in [-0.25, -0.2) is 19.3 Å². The second-order valence-corrected chi connectivity index (χ2v) is 9.86. The van der Waals surface area contributed by atoms with Crippen molar-refractivity contribution in [2.75, 3.05) is 18.5 Å². The molecule has 1 aliphatic heterocycles. The zero-order chi connectivity index (χ0) is 28.3. The Hall–Kier alpha value is -4.39. The summed E-state index contributed by atoms with van der Waals surface area (Å²) in [6.45, 7) is 3.18. The van der Waals surface area contributed by atoms with E-state index in [4.69, 9.17) is 19.9 Å². The largest absolute Gasteiger partial charge is 0.393 e. The molecule has 1 saturated heterocycles. The van der Waals surface area contributed by atoms with Crippen molar-refractivity contribution in [3.63, 3.8) is 0 Å². The molecule has 0 aliphatic carbocycles. The molecule has 0 radical (unpaired) electrons. The highest BCUT2D eigenvalue weighted by Crippen LogP contribution is 2.36. The second-order valence-electron chi connectivity index (χ2n) is 9.86. The number of imidazole rings is 1. The number of carbonyl (C=O) groups excluding carboxylic acids is 1. The van der Waals surface area contributed by atoms with Crippen molar-refractivity contribution in [3.8, 4) is 22.6 Å². The first-order valence-corrected chi connectivity index (χ1v) is 12.6. The van der Waals surface area contributed by atoms with Crippen LogP contribution in [-0.4, -0.2) is 60.8 Å². The summed E-state index contributed by atoms with van der Waals surface area (Å²) in [7, 11) is 0. The van der Waals surface area contributed by atoms with E-state index in [2.05, 4.69) is 25.3 Å². The smallest absolute Gasteiger partial charge is 0.227 e. The average molecular weight is 546 g/mol. The minimum absolute atomic E-state index is 0.00666. The standard InChI is InChI=1S/C28H28FN7O4/c1-16(37)12-20(30)24(38)28(2)14-39-26(40-15-28)25-35-22(17-5-7-18(29)8-6-17)23(36-25)21-9-11-32-27(34-21)33-19-4-3-10-31-13-19/h3-11,13,16,26,30,37H,12,14-15H2,1-2H3,(H,35,36)(H,32,33,34). The summed E-state index contributed by atoms with van der Waals surface area (Å²) in [5.74, 6) is -0.141. The first kappa shape index (κ1) is 27.2. The molecule has 1 unspecified atom stereocenters. The number of H-pyrrole nitrogens is 1. The molecule has 1 atom stereocenters. The molecule has 0 bridgehead atoms. The SMILES string of the molecule is CC(O)CC(=N)C(=O)C1(C)COC(c2nc(-c3ccc(F)cc3)c(-c3ccnc(Nc4cccnc4)n3)[nH]2)OC1. The van der Waals surface area contributed by atoms with Gasteiger partial charge in [-0.05, 0) is 56.3 Å². The lowest BCUT2D eigenvalue weighted by atomic mass is 9.83. The molecule has 4 aromatic rings. The van der Waals surface area contributed by atoms with Gasteiger partial charge in [0.1, 0.15) is 5.82 Å². The highest BCUT2D eigenvalue weighted by atomic mass is 19.1. The summed E-state index contributed by atoms with van der Waals surface area (Å²) >= 11 is 0. The van der Waals surface area contributed by atoms with Gasteiger partial charge in [0.25, 0.3) is 0 Å². The number of halogens is 1. The molecule has 5 rings (SSSR count). The molecule has 4 heterocycles. The Morgan fingerprint density at radius 1 is 1.20 bits per heavy atom. The van der Waals surface area contributed by atoms with Gasteiger partial charge in [0, 0.05) is 24.4 Å². The van der Waals surface area contributed by atoms with Gasteiger partial charge in [-0.2, -0.15) is 0 Å². The number of aromatic amines is 1. The minimum Gasteiger partial charge on any atom is -0.393 e. The number of nitrogens with one attached hydrogen (secondary N) is 3. The van der Waals surface area contributed by atoms with Crippen molar-refractivity contribution in [2.24, 2.45) is 5.41 Å². The summed E-state index contributed by atoms with van der Waals surface area (Å²) in [6.07, 6.45) is 3.15. The Balaban J connectivity index is 1.43. The van der Waals surface area contributed by atoms with Crippen LogP contribution in [0.3, 0.4) is 0 Å². The van der Waals surface area contributed by atoms with Crippen LogP contribution in [0, 0.1) is 16.6 Å². The number of aromatic nitrogens is 5. The predicted molar refractivity (Wildman–Crippen MR) is 144 cm³/mol. The van der Waals surface area contributed by atoms with Crippen LogP contribution >= 0.6 is 0 Å². The van der Waals surface area contributed by atoms with Crippen LogP contribution in [0.2, 0.25) is 0 Å². The van der Waals surface area contributed by atoms with E-state index >= 15 is 0 Å². The van der Waals surface area contributed by atoms with E-state index in [1.165, 1.54) is 19.1 Å². The van der Waals surface area contributed by atoms with Crippen LogP contribution in [0.25, 0.3) is 22.6 Å². The predicted octanol–water partition coefficient (Wildman–Crippen LogP) is 4.22. The number of benzene rings is 1. The lowest BCUT2D eigenvalue weighted by Gasteiger charge is -2.35. The fourth-order valence-corrected chi connectivity index (χ4v) is 4.28. The third-order valence-electron chi connectivity index (χ3n) is 6.32. The molecule has 11 nitrogen and oxygen atoms in total. The molecule has 1 aliphatic rings. The molecular formula is C28H28FN7O4. The highest BCUT2D eigenvalue weighted by molar-refractivity contribution is 6.40. The van der Waals surface area contributed by atoms with Crippen molar-refractivity contribution in [2.45, 2.75) is 32.7 Å². The lowest BCUT2D eigenvalue weighted by Crippen LogP contribution is -2.46. The fraction of sp³-hybridized carbons (Fsp3) is 0.286. The molecule has 0 spiro atoms. The Labute approximate surface area is 229 Å². The van der Waals surface area contributed by atoms with Gasteiger partial charge in [0.15, 0.2) is 11.6 Å². The summed E-state index contributed by atoms with van der Waals surface area (Å²) < 4.78 is 25.5. The van der Waals surface area contributed by atoms with Gasteiger partial charge in [0.2, 0.25) is 12.2 Å². The number of ether oxygens (including phenoxy) is 2. The number of Topliss-reactive ketones (excluding diaryl/α,β-unsaturated/α-hetero) is 1. The second kappa shape index (κ2) is 11.4. The molecule has 0 saturated carbocycles. The zero-order valence-electron chi connectivity index (χ0n) is 21.9. The van der Waals surface area contributed by atoms with E-state index in [-0.39, 0.29) is 31.2 Å². The minimum atomic E-state index is -1.07. The Kier molecular flexibility index (Phi) is 7.74. The molecule has 0 amide bonds. The number of carbonyl (C=O) groups is 1. The van der Waals surface area contributed by atoms with Gasteiger partial charge in [-0.15, -0.1) is 0 Å². The van der Waals surface area contributed by atoms with Crippen molar-refractivity contribution in [1.29, 1.82) is 5.41 Å². The quantitative estimate of drug-likeness (QED) is 0.226. The van der Waals surface area contributed by atoms with Crippen LogP contribution in [-0.2, 0) is 14.3 Å². The normalized spacial score (nSPS) is 19.6. The first-order valence-electron chi connectivity index (χ1n) is 12.6. The lowest BCUT2D eigenvalue weighted by molar-refractivity contribution is -0.228. The summed E-state index contributed by atoms with van der Waals surface area (Å²) in [5, 5.41) is 20.7. The number of anilines is 2. The Morgan fingerprint density at radius 2 is 1.95 bits per heavy atom. The van der Waals surface area contributed by atoms with Crippen molar-refractivity contribution < 1.29 is 23.8 Å². The van der Waals surface area contributed by atoms with E-state index in [9.17, 15) is 14.3 Å². The maximum absolute atomic E-state index is 13.7. The molecule has 1 fully saturated rings. The third kappa shape index (κ3) is 5.93. The van der Waals surface area contributed by atoms with E-state index in [1.54, 1.807) is 49.8 Å². The van der Waals surface area contributed by atoms with Gasteiger partial charge in [-0.1, -0.05) is 0 Å². The van der Waals surface area contributed by atoms with Gasteiger partial charge >= 0.3 is 0 Å². The van der Waals surface area contributed by atoms with E-state index in [1.807, 2.05) is 6.07 Å². The Bertz CT molecular complexity index is 1500. The van der Waals surface area contributed by atoms with E-state index in [0.29, 0.717) is 40.1 Å². The number of nitrogens with zero attached hydrogens (tertiary/aromatic N) is 4. The highest BCUT2D eigenvalue weighted by Gasteiger charge is 2.42. The van der Waals surface area contributed by atoms with Gasteiger partial charge < -0.3 is 30.3 Å². The molecule has 3 aromatic heterocycles. The number of aliphatic hydroxyl groups excluding tert-OH is 1. The molecule has 1 aromatic carbocycles. The molecule has 4 N–H and O–H groups in total. The zero-order valence-corrected chi connectivity index (χ0v) is 21.9. The topological polar surface area (TPSA) is 159 Å². The maximum Gasteiger partial charge on any atom is 0.227 e. The van der Waals surface area contributed by atoms with Crippen molar-refractivity contribution in [1.82, 2.24) is 24.9 Å². The molecule has 12 heteroatoms. The number of ketones is 1. The van der Waals surface area contributed by atoms with Crippen molar-refractivity contribution in [3.05, 3.63) is 72.7 Å². The van der Waals surface area contributed by atoms with E-state index in [0.717, 1.165) is 0 Å². The number of aliphatic hydroxyl groups is 1. The number of hydrogen-bond donors (Lipinski definition) is 4.